The number of nitrogens with zero attached hydrogens (tertiary/aromatic N) is 1. The number of aryl methyl sites for hydroxylation is 1. The number of methoxy groups -OCH3 is 1. The lowest BCUT2D eigenvalue weighted by Gasteiger charge is -2.23. The van der Waals surface area contributed by atoms with Crippen molar-refractivity contribution in [3.8, 4) is 11.5 Å². The van der Waals surface area contributed by atoms with Gasteiger partial charge in [-0.1, -0.05) is 23.8 Å². The molecule has 9 heteroatoms. The molecule has 0 fully saturated rings. The Morgan fingerprint density at radius 1 is 1.16 bits per heavy atom. The molecule has 6 nitrogen and oxygen atoms in total. The van der Waals surface area contributed by atoms with Gasteiger partial charge in [0.05, 0.1) is 18.9 Å². The molecule has 0 saturated heterocycles. The molecule has 0 spiro atoms. The summed E-state index contributed by atoms with van der Waals surface area (Å²) in [6.07, 6.45) is -2.60. The third-order valence-corrected chi connectivity index (χ3v) is 5.24. The number of carbonyl (C=O) groups is 1. The summed E-state index contributed by atoms with van der Waals surface area (Å²) in [4.78, 5) is 12.0. The van der Waals surface area contributed by atoms with Crippen molar-refractivity contribution in [2.24, 2.45) is 0 Å². The number of benzene rings is 2. The Morgan fingerprint density at radius 2 is 1.97 bits per heavy atom. The van der Waals surface area contributed by atoms with Crippen LogP contribution in [0.15, 0.2) is 42.6 Å². The Balaban J connectivity index is 1.59. The topological polar surface area (TPSA) is 76.2 Å². The molecule has 1 aromatic heterocycles. The first kappa shape index (κ1) is 20.8. The van der Waals surface area contributed by atoms with Crippen LogP contribution in [0.5, 0.6) is 11.5 Å². The van der Waals surface area contributed by atoms with E-state index >= 15 is 0 Å². The smallest absolute Gasteiger partial charge is 0.419 e. The number of fused-ring (bicyclic) bond motifs is 1. The second kappa shape index (κ2) is 7.98. The number of H-pyrrole nitrogens is 1. The number of hydrogen-bond donors (Lipinski definition) is 2. The molecule has 0 radical (unpaired) electrons. The molecule has 31 heavy (non-hydrogen) atoms. The maximum absolute atomic E-state index is 13.3. The van der Waals surface area contributed by atoms with Crippen molar-refractivity contribution in [3.05, 3.63) is 70.4 Å². The number of alkyl halides is 3. The molecular formula is C22H20F3N3O3. The van der Waals surface area contributed by atoms with E-state index in [0.717, 1.165) is 17.2 Å². The van der Waals surface area contributed by atoms with Crippen LogP contribution < -0.4 is 14.8 Å². The van der Waals surface area contributed by atoms with Crippen LogP contribution in [0, 0.1) is 6.92 Å². The summed E-state index contributed by atoms with van der Waals surface area (Å²) in [5.74, 6) is 0.449. The number of nitrogens with one attached hydrogen (secondary N) is 2. The van der Waals surface area contributed by atoms with E-state index in [1.807, 2.05) is 6.07 Å². The van der Waals surface area contributed by atoms with Crippen molar-refractivity contribution < 1.29 is 27.4 Å². The van der Waals surface area contributed by atoms with Crippen LogP contribution in [0.1, 0.15) is 40.2 Å². The van der Waals surface area contributed by atoms with Crippen LogP contribution in [0.4, 0.5) is 19.0 Å². The zero-order chi connectivity index (χ0) is 22.2. The number of rotatable bonds is 5. The van der Waals surface area contributed by atoms with E-state index in [1.165, 1.54) is 13.2 Å². The molecule has 2 heterocycles. The molecule has 4 rings (SSSR count). The Labute approximate surface area is 176 Å². The van der Waals surface area contributed by atoms with Gasteiger partial charge in [-0.15, -0.1) is 0 Å². The zero-order valence-electron chi connectivity index (χ0n) is 16.8. The standard InChI is InChI=1S/C22H20F3N3O3/c1-12-3-6-18(17(7-12)22(23,24)25)31-11-14-5-4-13(8-19(14)30-2)15-9-20(29)27-21-16(15)10-26-28-21/h3-8,10,15H,9,11H2,1-2H3,(H2,26,27,28,29)/t15-/m0/s1. The largest absolute Gasteiger partial charge is 0.496 e. The minimum atomic E-state index is -4.51. The van der Waals surface area contributed by atoms with Crippen LogP contribution in [0.2, 0.25) is 0 Å². The van der Waals surface area contributed by atoms with E-state index in [1.54, 1.807) is 31.3 Å². The van der Waals surface area contributed by atoms with Crippen molar-refractivity contribution in [3.63, 3.8) is 0 Å². The summed E-state index contributed by atoms with van der Waals surface area (Å²) in [5, 5.41) is 9.49. The highest BCUT2D eigenvalue weighted by Gasteiger charge is 2.34. The predicted molar refractivity (Wildman–Crippen MR) is 107 cm³/mol. The number of hydrogen-bond acceptors (Lipinski definition) is 4. The number of aromatic nitrogens is 2. The fraction of sp³-hybridized carbons (Fsp3) is 0.273. The summed E-state index contributed by atoms with van der Waals surface area (Å²) < 4.78 is 51.0. The summed E-state index contributed by atoms with van der Waals surface area (Å²) >= 11 is 0. The molecule has 2 aromatic carbocycles. The number of anilines is 1. The molecular weight excluding hydrogens is 411 g/mol. The van der Waals surface area contributed by atoms with Gasteiger partial charge in [-0.25, -0.2) is 0 Å². The van der Waals surface area contributed by atoms with E-state index < -0.39 is 11.7 Å². The van der Waals surface area contributed by atoms with Gasteiger partial charge in [-0.05, 0) is 30.7 Å². The van der Waals surface area contributed by atoms with Crippen LogP contribution in [0.3, 0.4) is 0 Å². The highest BCUT2D eigenvalue weighted by atomic mass is 19.4. The Hall–Kier alpha value is -3.49. The lowest BCUT2D eigenvalue weighted by molar-refractivity contribution is -0.139. The lowest BCUT2D eigenvalue weighted by Crippen LogP contribution is -2.23. The average molecular weight is 431 g/mol. The third-order valence-electron chi connectivity index (χ3n) is 5.24. The first-order valence-corrected chi connectivity index (χ1v) is 9.57. The molecule has 162 valence electrons. The van der Waals surface area contributed by atoms with Crippen LogP contribution >= 0.6 is 0 Å². The van der Waals surface area contributed by atoms with E-state index in [9.17, 15) is 18.0 Å². The fourth-order valence-electron chi connectivity index (χ4n) is 3.69. The van der Waals surface area contributed by atoms with Gasteiger partial charge in [-0.2, -0.15) is 18.3 Å². The first-order chi connectivity index (χ1) is 14.8. The Bertz CT molecular complexity index is 1120. The lowest BCUT2D eigenvalue weighted by atomic mass is 9.87. The van der Waals surface area contributed by atoms with Crippen LogP contribution in [0.25, 0.3) is 0 Å². The maximum Gasteiger partial charge on any atom is 0.419 e. The van der Waals surface area contributed by atoms with Crippen LogP contribution in [-0.4, -0.2) is 23.2 Å². The van der Waals surface area contributed by atoms with Crippen molar-refractivity contribution in [2.75, 3.05) is 12.4 Å². The van der Waals surface area contributed by atoms with Crippen LogP contribution in [-0.2, 0) is 17.6 Å². The molecule has 2 N–H and O–H groups in total. The number of aromatic amines is 1. The van der Waals surface area contributed by atoms with E-state index in [-0.39, 0.29) is 30.6 Å². The molecule has 1 aliphatic rings. The van der Waals surface area contributed by atoms with E-state index in [4.69, 9.17) is 9.47 Å². The summed E-state index contributed by atoms with van der Waals surface area (Å²) in [7, 11) is 1.48. The summed E-state index contributed by atoms with van der Waals surface area (Å²) in [6.45, 7) is 1.50. The molecule has 1 aliphatic heterocycles. The third kappa shape index (κ3) is 4.21. The zero-order valence-corrected chi connectivity index (χ0v) is 16.8. The van der Waals surface area contributed by atoms with Gasteiger partial charge >= 0.3 is 6.18 Å². The second-order valence-corrected chi connectivity index (χ2v) is 7.36. The van der Waals surface area contributed by atoms with Gasteiger partial charge in [-0.3, -0.25) is 9.89 Å². The maximum atomic E-state index is 13.3. The molecule has 0 saturated carbocycles. The van der Waals surface area contributed by atoms with Crippen molar-refractivity contribution in [1.82, 2.24) is 10.2 Å². The van der Waals surface area contributed by atoms with Crippen molar-refractivity contribution in [2.45, 2.75) is 32.0 Å². The van der Waals surface area contributed by atoms with Crippen molar-refractivity contribution >= 4 is 11.7 Å². The molecule has 0 aliphatic carbocycles. The van der Waals surface area contributed by atoms with E-state index in [0.29, 0.717) is 22.7 Å². The molecule has 1 atom stereocenters. The van der Waals surface area contributed by atoms with Gasteiger partial charge < -0.3 is 14.8 Å². The highest BCUT2D eigenvalue weighted by molar-refractivity contribution is 5.94. The number of halogens is 3. The monoisotopic (exact) mass is 431 g/mol. The minimum Gasteiger partial charge on any atom is -0.496 e. The second-order valence-electron chi connectivity index (χ2n) is 7.36. The number of carbonyl (C=O) groups excluding carboxylic acids is 1. The normalized spacial score (nSPS) is 15.9. The predicted octanol–water partition coefficient (Wildman–Crippen LogP) is 4.80. The average Bonchev–Trinajstić information content (AvgIpc) is 3.19. The van der Waals surface area contributed by atoms with E-state index in [2.05, 4.69) is 15.5 Å². The van der Waals surface area contributed by atoms with Crippen molar-refractivity contribution in [1.29, 1.82) is 0 Å². The summed E-state index contributed by atoms with van der Waals surface area (Å²) in [6, 6.07) is 9.29. The van der Waals surface area contributed by atoms with Gasteiger partial charge in [0.15, 0.2) is 0 Å². The molecule has 1 amide bonds. The quantitative estimate of drug-likeness (QED) is 0.609. The Morgan fingerprint density at radius 3 is 2.71 bits per heavy atom. The van der Waals surface area contributed by atoms with Gasteiger partial charge in [0.2, 0.25) is 5.91 Å². The molecule has 0 unspecified atom stereocenters. The van der Waals surface area contributed by atoms with Gasteiger partial charge in [0.1, 0.15) is 23.9 Å². The SMILES string of the molecule is COc1cc([C@@H]2CC(=O)Nc3[nH]ncc32)ccc1COc1ccc(C)cc1C(F)(F)F. The fourth-order valence-corrected chi connectivity index (χ4v) is 3.69. The Kier molecular flexibility index (Phi) is 5.34. The minimum absolute atomic E-state index is 0.0995. The number of amides is 1. The highest BCUT2D eigenvalue weighted by Crippen LogP contribution is 2.39. The number of ether oxygens (including phenoxy) is 2. The summed E-state index contributed by atoms with van der Waals surface area (Å²) in [5.41, 5.74) is 1.97. The molecule has 0 bridgehead atoms. The van der Waals surface area contributed by atoms with Gasteiger partial charge in [0.25, 0.3) is 0 Å². The van der Waals surface area contributed by atoms with Gasteiger partial charge in [0, 0.05) is 23.5 Å². The first-order valence-electron chi connectivity index (χ1n) is 9.57. The molecule has 3 aromatic rings.